The summed E-state index contributed by atoms with van der Waals surface area (Å²) in [5.74, 6) is 2.70. The number of hydrazone groups is 1. The molecule has 1 N–H and O–H groups in total. The van der Waals surface area contributed by atoms with Gasteiger partial charge >= 0.3 is 5.91 Å². The topological polar surface area (TPSA) is 63.8 Å². The summed E-state index contributed by atoms with van der Waals surface area (Å²) >= 11 is 6.77. The van der Waals surface area contributed by atoms with E-state index in [4.69, 9.17) is 15.6 Å². The van der Waals surface area contributed by atoms with Gasteiger partial charge in [0.1, 0.15) is 17.9 Å². The fourth-order valence-corrected chi connectivity index (χ4v) is 2.97. The normalized spacial score (nSPS) is 10.8. The molecule has 5 nitrogen and oxygen atoms in total. The van der Waals surface area contributed by atoms with Crippen molar-refractivity contribution in [3.8, 4) is 18.1 Å². The molecule has 0 aliphatic heterocycles. The Balaban J connectivity index is 1.74. The first-order valence-corrected chi connectivity index (χ1v) is 9.04. The molecule has 0 aliphatic rings. The minimum absolute atomic E-state index is 0.142. The van der Waals surface area contributed by atoms with Crippen molar-refractivity contribution in [2.75, 3.05) is 6.61 Å². The quantitative estimate of drug-likeness (QED) is 0.329. The minimum Gasteiger partial charge on any atom is -0.480 e. The lowest BCUT2D eigenvalue weighted by atomic mass is 10.2. The molecule has 0 spiro atoms. The van der Waals surface area contributed by atoms with Crippen LogP contribution in [0, 0.1) is 12.3 Å². The molecule has 0 bridgehead atoms. The first-order valence-electron chi connectivity index (χ1n) is 7.45. The number of halogens is 2. The Kier molecular flexibility index (Phi) is 5.76. The van der Waals surface area contributed by atoms with Crippen molar-refractivity contribution in [2.45, 2.75) is 0 Å². The number of nitrogens with one attached hydrogen (secondary N) is 1. The van der Waals surface area contributed by atoms with Gasteiger partial charge in [0.15, 0.2) is 5.76 Å². The lowest BCUT2D eigenvalue weighted by Gasteiger charge is -2.06. The van der Waals surface area contributed by atoms with Gasteiger partial charge in [0.2, 0.25) is 0 Å². The molecule has 0 fully saturated rings. The highest BCUT2D eigenvalue weighted by Gasteiger charge is 2.12. The number of hydrogen-bond donors (Lipinski definition) is 1. The van der Waals surface area contributed by atoms with Crippen LogP contribution in [0.1, 0.15) is 16.1 Å². The summed E-state index contributed by atoms with van der Waals surface area (Å²) in [5.41, 5.74) is 3.73. The molecular weight excluding hydrogens is 464 g/mol. The standard InChI is InChI=1S/C19H12Br2N2O3/c1-2-7-25-16-5-3-15(21)9-13(16)11-22-23-19(24)18-10-12-8-14(20)4-6-17(12)26-18/h1,3-6,8-11H,7H2,(H,23,24). The fourth-order valence-electron chi connectivity index (χ4n) is 2.21. The number of terminal acetylenes is 1. The predicted molar refractivity (Wildman–Crippen MR) is 107 cm³/mol. The maximum atomic E-state index is 12.2. The van der Waals surface area contributed by atoms with Crippen LogP contribution < -0.4 is 10.2 Å². The van der Waals surface area contributed by atoms with E-state index in [9.17, 15) is 4.79 Å². The van der Waals surface area contributed by atoms with Gasteiger partial charge in [-0.1, -0.05) is 37.8 Å². The molecular formula is C19H12Br2N2O3. The van der Waals surface area contributed by atoms with Crippen LogP contribution in [0.5, 0.6) is 5.75 Å². The molecule has 0 aliphatic carbocycles. The van der Waals surface area contributed by atoms with Gasteiger partial charge < -0.3 is 9.15 Å². The summed E-state index contributed by atoms with van der Waals surface area (Å²) in [7, 11) is 0. The van der Waals surface area contributed by atoms with E-state index in [0.717, 1.165) is 14.3 Å². The van der Waals surface area contributed by atoms with Crippen molar-refractivity contribution >= 4 is 55.0 Å². The van der Waals surface area contributed by atoms with Crippen molar-refractivity contribution in [2.24, 2.45) is 5.10 Å². The molecule has 0 radical (unpaired) electrons. The second-order valence-electron chi connectivity index (χ2n) is 5.17. The molecule has 0 saturated heterocycles. The number of nitrogens with zero attached hydrogens (tertiary/aromatic N) is 1. The monoisotopic (exact) mass is 474 g/mol. The lowest BCUT2D eigenvalue weighted by molar-refractivity contribution is 0.0929. The van der Waals surface area contributed by atoms with E-state index in [0.29, 0.717) is 16.9 Å². The van der Waals surface area contributed by atoms with Gasteiger partial charge in [0.25, 0.3) is 0 Å². The third-order valence-corrected chi connectivity index (χ3v) is 4.34. The Bertz CT molecular complexity index is 1030. The van der Waals surface area contributed by atoms with E-state index in [-0.39, 0.29) is 12.4 Å². The van der Waals surface area contributed by atoms with Crippen molar-refractivity contribution in [3.63, 3.8) is 0 Å². The zero-order chi connectivity index (χ0) is 18.5. The zero-order valence-electron chi connectivity index (χ0n) is 13.3. The van der Waals surface area contributed by atoms with Gasteiger partial charge in [-0.25, -0.2) is 5.43 Å². The van der Waals surface area contributed by atoms with Crippen LogP contribution in [0.4, 0.5) is 0 Å². The summed E-state index contributed by atoms with van der Waals surface area (Å²) in [4.78, 5) is 12.2. The highest BCUT2D eigenvalue weighted by Crippen LogP contribution is 2.24. The molecule has 3 rings (SSSR count). The van der Waals surface area contributed by atoms with Gasteiger partial charge in [-0.3, -0.25) is 4.79 Å². The number of ether oxygens (including phenoxy) is 1. The van der Waals surface area contributed by atoms with Gasteiger partial charge in [-0.05, 0) is 42.5 Å². The molecule has 1 amide bonds. The van der Waals surface area contributed by atoms with Crippen LogP contribution in [-0.2, 0) is 0 Å². The van der Waals surface area contributed by atoms with E-state index in [1.54, 1.807) is 24.3 Å². The largest absolute Gasteiger partial charge is 0.480 e. The van der Waals surface area contributed by atoms with E-state index in [2.05, 4.69) is 48.3 Å². The first-order chi connectivity index (χ1) is 12.6. The smallest absolute Gasteiger partial charge is 0.307 e. The number of fused-ring (bicyclic) bond motifs is 1. The van der Waals surface area contributed by atoms with Crippen molar-refractivity contribution in [1.29, 1.82) is 0 Å². The maximum absolute atomic E-state index is 12.2. The third-order valence-electron chi connectivity index (χ3n) is 3.35. The Morgan fingerprint density at radius 2 is 2.00 bits per heavy atom. The molecule has 2 aromatic carbocycles. The van der Waals surface area contributed by atoms with Crippen molar-refractivity contribution in [3.05, 3.63) is 62.7 Å². The number of carbonyl (C=O) groups is 1. The predicted octanol–water partition coefficient (Wildman–Crippen LogP) is 4.73. The second-order valence-corrected chi connectivity index (χ2v) is 7.00. The molecule has 130 valence electrons. The third kappa shape index (κ3) is 4.34. The zero-order valence-corrected chi connectivity index (χ0v) is 16.5. The Morgan fingerprint density at radius 3 is 2.81 bits per heavy atom. The number of amides is 1. The molecule has 3 aromatic rings. The van der Waals surface area contributed by atoms with Gasteiger partial charge in [0, 0.05) is 19.9 Å². The highest BCUT2D eigenvalue weighted by molar-refractivity contribution is 9.10. The maximum Gasteiger partial charge on any atom is 0.307 e. The molecule has 0 unspecified atom stereocenters. The van der Waals surface area contributed by atoms with Crippen LogP contribution in [-0.4, -0.2) is 18.7 Å². The molecule has 26 heavy (non-hydrogen) atoms. The summed E-state index contributed by atoms with van der Waals surface area (Å²) in [5, 5.41) is 4.79. The van der Waals surface area contributed by atoms with Gasteiger partial charge in [-0.15, -0.1) is 6.42 Å². The molecule has 1 aromatic heterocycles. The molecule has 1 heterocycles. The Labute approximate surface area is 166 Å². The van der Waals surface area contributed by atoms with Crippen LogP contribution in [0.2, 0.25) is 0 Å². The molecule has 0 atom stereocenters. The average Bonchev–Trinajstić information content (AvgIpc) is 3.04. The van der Waals surface area contributed by atoms with E-state index in [1.807, 2.05) is 18.2 Å². The number of benzene rings is 2. The molecule has 0 saturated carbocycles. The summed E-state index contributed by atoms with van der Waals surface area (Å²) < 4.78 is 12.7. The second kappa shape index (κ2) is 8.21. The Hall–Kier alpha value is -2.56. The van der Waals surface area contributed by atoms with Crippen molar-refractivity contribution < 1.29 is 13.9 Å². The summed E-state index contributed by atoms with van der Waals surface area (Å²) in [6, 6.07) is 12.6. The van der Waals surface area contributed by atoms with Crippen molar-refractivity contribution in [1.82, 2.24) is 5.43 Å². The van der Waals surface area contributed by atoms with Gasteiger partial charge in [0.05, 0.1) is 6.21 Å². The van der Waals surface area contributed by atoms with E-state index in [1.165, 1.54) is 6.21 Å². The first kappa shape index (κ1) is 18.2. The fraction of sp³-hybridized carbons (Fsp3) is 0.0526. The van der Waals surface area contributed by atoms with Crippen LogP contribution in [0.25, 0.3) is 11.0 Å². The average molecular weight is 476 g/mol. The number of carbonyl (C=O) groups excluding carboxylic acids is 1. The van der Waals surface area contributed by atoms with Crippen LogP contribution >= 0.6 is 31.9 Å². The number of hydrogen-bond acceptors (Lipinski definition) is 4. The number of furan rings is 1. The summed E-state index contributed by atoms with van der Waals surface area (Å²) in [6.45, 7) is 0.142. The summed E-state index contributed by atoms with van der Waals surface area (Å²) in [6.07, 6.45) is 6.69. The Morgan fingerprint density at radius 1 is 1.23 bits per heavy atom. The highest BCUT2D eigenvalue weighted by atomic mass is 79.9. The van der Waals surface area contributed by atoms with Gasteiger partial charge in [-0.2, -0.15) is 5.10 Å². The molecule has 7 heteroatoms. The van der Waals surface area contributed by atoms with E-state index >= 15 is 0 Å². The van der Waals surface area contributed by atoms with Crippen LogP contribution in [0.3, 0.4) is 0 Å². The minimum atomic E-state index is -0.449. The van der Waals surface area contributed by atoms with Crippen LogP contribution in [0.15, 0.2) is 60.9 Å². The van der Waals surface area contributed by atoms with E-state index < -0.39 is 5.91 Å². The number of rotatable bonds is 5. The SMILES string of the molecule is C#CCOc1ccc(Br)cc1C=NNC(=O)c1cc2cc(Br)ccc2o1. The lowest BCUT2D eigenvalue weighted by Crippen LogP contribution is -2.16.